The first-order valence-electron chi connectivity index (χ1n) is 6.49. The molecule has 3 rings (SSSR count). The summed E-state index contributed by atoms with van der Waals surface area (Å²) in [5.74, 6) is 1.15. The summed E-state index contributed by atoms with van der Waals surface area (Å²) < 4.78 is 0. The molecule has 3 unspecified atom stereocenters. The van der Waals surface area contributed by atoms with Gasteiger partial charge in [-0.25, -0.2) is 0 Å². The van der Waals surface area contributed by atoms with Gasteiger partial charge < -0.3 is 11.1 Å². The molecule has 1 amide bonds. The topological polar surface area (TPSA) is 55.1 Å². The van der Waals surface area contributed by atoms with Crippen molar-refractivity contribution in [3.05, 3.63) is 41.5 Å². The molecule has 94 valence electrons. The summed E-state index contributed by atoms with van der Waals surface area (Å²) >= 11 is 0. The predicted octanol–water partition coefficient (Wildman–Crippen LogP) is 2.47. The third-order valence-electron chi connectivity index (χ3n) is 4.30. The monoisotopic (exact) mass is 242 g/mol. The smallest absolute Gasteiger partial charge is 0.249 e. The Morgan fingerprint density at radius 1 is 1.44 bits per heavy atom. The van der Waals surface area contributed by atoms with Gasteiger partial charge in [-0.05, 0) is 43.4 Å². The molecule has 0 heterocycles. The van der Waals surface area contributed by atoms with Crippen molar-refractivity contribution in [2.75, 3.05) is 5.32 Å². The lowest BCUT2D eigenvalue weighted by Gasteiger charge is -2.41. The van der Waals surface area contributed by atoms with E-state index >= 15 is 0 Å². The molecule has 3 nitrogen and oxygen atoms in total. The highest BCUT2D eigenvalue weighted by molar-refractivity contribution is 5.95. The maximum atomic E-state index is 11.3. The second kappa shape index (κ2) is 4.16. The first kappa shape index (κ1) is 11.3. The fraction of sp³-hybridized carbons (Fsp3) is 0.400. The lowest BCUT2D eigenvalue weighted by Crippen LogP contribution is -2.43. The molecule has 1 saturated carbocycles. The van der Waals surface area contributed by atoms with Gasteiger partial charge in [0.1, 0.15) is 0 Å². The van der Waals surface area contributed by atoms with Gasteiger partial charge in [0.2, 0.25) is 5.91 Å². The molecule has 3 atom stereocenters. The van der Waals surface area contributed by atoms with Crippen molar-refractivity contribution in [3.8, 4) is 0 Å². The van der Waals surface area contributed by atoms with Gasteiger partial charge in [-0.15, -0.1) is 0 Å². The first-order valence-corrected chi connectivity index (χ1v) is 6.49. The fourth-order valence-electron chi connectivity index (χ4n) is 3.14. The Bertz CT molecular complexity index is 521. The van der Waals surface area contributed by atoms with Crippen LogP contribution in [0.3, 0.4) is 0 Å². The van der Waals surface area contributed by atoms with Crippen molar-refractivity contribution in [3.63, 3.8) is 0 Å². The van der Waals surface area contributed by atoms with E-state index in [0.717, 1.165) is 17.2 Å². The van der Waals surface area contributed by atoms with Gasteiger partial charge in [0.25, 0.3) is 0 Å². The minimum absolute atomic E-state index is 0.358. The molecular weight excluding hydrogens is 224 g/mol. The zero-order chi connectivity index (χ0) is 12.7. The molecular formula is C15H18N2O. The van der Waals surface area contributed by atoms with Gasteiger partial charge in [0, 0.05) is 23.2 Å². The molecule has 1 aromatic rings. The van der Waals surface area contributed by atoms with Crippen LogP contribution < -0.4 is 11.1 Å². The lowest BCUT2D eigenvalue weighted by atomic mass is 9.71. The van der Waals surface area contributed by atoms with E-state index in [1.165, 1.54) is 12.8 Å². The number of primary amides is 1. The van der Waals surface area contributed by atoms with Gasteiger partial charge in [0.15, 0.2) is 0 Å². The quantitative estimate of drug-likeness (QED) is 0.800. The average Bonchev–Trinajstić information content (AvgIpc) is 2.69. The second-order valence-corrected chi connectivity index (χ2v) is 5.33. The highest BCUT2D eigenvalue weighted by Gasteiger charge is 2.41. The van der Waals surface area contributed by atoms with Crippen molar-refractivity contribution in [1.29, 1.82) is 0 Å². The normalized spacial score (nSPS) is 28.6. The summed E-state index contributed by atoms with van der Waals surface area (Å²) in [5, 5.41) is 3.55. The van der Waals surface area contributed by atoms with Gasteiger partial charge in [-0.3, -0.25) is 4.79 Å². The van der Waals surface area contributed by atoms with Crippen molar-refractivity contribution in [1.82, 2.24) is 0 Å². The Morgan fingerprint density at radius 2 is 2.28 bits per heavy atom. The van der Waals surface area contributed by atoms with Crippen LogP contribution in [0.15, 0.2) is 30.4 Å². The van der Waals surface area contributed by atoms with Crippen LogP contribution >= 0.6 is 0 Å². The predicted molar refractivity (Wildman–Crippen MR) is 72.5 cm³/mol. The summed E-state index contributed by atoms with van der Waals surface area (Å²) in [6.07, 6.45) is 7.05. The maximum absolute atomic E-state index is 11.3. The van der Waals surface area contributed by atoms with Crippen LogP contribution in [0.4, 0.5) is 5.69 Å². The van der Waals surface area contributed by atoms with E-state index in [2.05, 4.69) is 17.5 Å². The molecule has 0 aromatic heterocycles. The van der Waals surface area contributed by atoms with Gasteiger partial charge in [-0.2, -0.15) is 0 Å². The number of benzene rings is 1. The second-order valence-electron chi connectivity index (χ2n) is 5.33. The Labute approximate surface area is 107 Å². The molecule has 0 spiro atoms. The van der Waals surface area contributed by atoms with Crippen LogP contribution in [0.2, 0.25) is 0 Å². The Balaban J connectivity index is 1.79. The molecule has 2 aliphatic rings. The number of nitrogens with one attached hydrogen (secondary N) is 1. The number of anilines is 1. The Morgan fingerprint density at radius 3 is 3.00 bits per heavy atom. The number of amides is 1. The largest absolute Gasteiger partial charge is 0.381 e. The van der Waals surface area contributed by atoms with Crippen molar-refractivity contribution in [2.45, 2.75) is 25.8 Å². The van der Waals surface area contributed by atoms with Crippen LogP contribution in [0.5, 0.6) is 0 Å². The standard InChI is InChI=1S/C15H18N2O/c1-9-11(15(16)18)5-3-7-13(9)17-14-8-10-4-2-6-12(10)14/h2-3,5-7,10,12,14,17H,4,8H2,1H3,(H2,16,18). The van der Waals surface area contributed by atoms with Crippen LogP contribution in [0.1, 0.15) is 28.8 Å². The number of fused-ring (bicyclic) bond motifs is 1. The van der Waals surface area contributed by atoms with Crippen molar-refractivity contribution >= 4 is 11.6 Å². The number of hydrogen-bond donors (Lipinski definition) is 2. The minimum atomic E-state index is -0.358. The molecule has 1 fully saturated rings. The van der Waals surface area contributed by atoms with E-state index in [4.69, 9.17) is 5.73 Å². The fourth-order valence-corrected chi connectivity index (χ4v) is 3.14. The number of nitrogens with two attached hydrogens (primary N) is 1. The van der Waals surface area contributed by atoms with E-state index in [-0.39, 0.29) is 5.91 Å². The molecule has 3 heteroatoms. The summed E-state index contributed by atoms with van der Waals surface area (Å²) in [7, 11) is 0. The number of hydrogen-bond acceptors (Lipinski definition) is 2. The highest BCUT2D eigenvalue weighted by Crippen LogP contribution is 2.44. The molecule has 2 aliphatic carbocycles. The van der Waals surface area contributed by atoms with E-state index in [1.807, 2.05) is 19.1 Å². The summed E-state index contributed by atoms with van der Waals surface area (Å²) in [4.78, 5) is 11.3. The number of carbonyl (C=O) groups is 1. The molecule has 0 radical (unpaired) electrons. The zero-order valence-corrected chi connectivity index (χ0v) is 10.5. The van der Waals surface area contributed by atoms with Crippen LogP contribution in [0.25, 0.3) is 0 Å². The summed E-state index contributed by atoms with van der Waals surface area (Å²) in [5.41, 5.74) is 7.97. The molecule has 18 heavy (non-hydrogen) atoms. The number of allylic oxidation sites excluding steroid dienone is 1. The molecule has 0 saturated heterocycles. The van der Waals surface area contributed by atoms with E-state index in [1.54, 1.807) is 6.07 Å². The van der Waals surface area contributed by atoms with E-state index in [0.29, 0.717) is 17.5 Å². The van der Waals surface area contributed by atoms with Gasteiger partial charge >= 0.3 is 0 Å². The SMILES string of the molecule is Cc1c(NC2CC3CC=CC32)cccc1C(N)=O. The lowest BCUT2D eigenvalue weighted by molar-refractivity contribution is 0.0999. The maximum Gasteiger partial charge on any atom is 0.249 e. The molecule has 0 aliphatic heterocycles. The summed E-state index contributed by atoms with van der Waals surface area (Å²) in [6, 6.07) is 6.20. The third kappa shape index (κ3) is 1.70. The third-order valence-corrected chi connectivity index (χ3v) is 4.30. The zero-order valence-electron chi connectivity index (χ0n) is 10.5. The van der Waals surface area contributed by atoms with Crippen LogP contribution in [-0.2, 0) is 0 Å². The number of carbonyl (C=O) groups excluding carboxylic acids is 1. The average molecular weight is 242 g/mol. The van der Waals surface area contributed by atoms with Crippen molar-refractivity contribution in [2.24, 2.45) is 17.6 Å². The minimum Gasteiger partial charge on any atom is -0.381 e. The van der Waals surface area contributed by atoms with Crippen molar-refractivity contribution < 1.29 is 4.79 Å². The molecule has 1 aromatic carbocycles. The van der Waals surface area contributed by atoms with Crippen LogP contribution in [-0.4, -0.2) is 11.9 Å². The number of rotatable bonds is 3. The molecule has 3 N–H and O–H groups in total. The van der Waals surface area contributed by atoms with Crippen LogP contribution in [0, 0.1) is 18.8 Å². The molecule has 0 bridgehead atoms. The first-order chi connectivity index (χ1) is 8.66. The Kier molecular flexibility index (Phi) is 2.62. The van der Waals surface area contributed by atoms with Gasteiger partial charge in [-0.1, -0.05) is 18.2 Å². The van der Waals surface area contributed by atoms with E-state index in [9.17, 15) is 4.79 Å². The summed E-state index contributed by atoms with van der Waals surface area (Å²) in [6.45, 7) is 1.95. The van der Waals surface area contributed by atoms with Gasteiger partial charge in [0.05, 0.1) is 0 Å². The Hall–Kier alpha value is -1.77. The highest BCUT2D eigenvalue weighted by atomic mass is 16.1. The van der Waals surface area contributed by atoms with E-state index < -0.39 is 0 Å².